The molecule has 2 aromatic rings. The Morgan fingerprint density at radius 2 is 2.22 bits per heavy atom. The van der Waals surface area contributed by atoms with Crippen LogP contribution in [0.1, 0.15) is 31.2 Å². The lowest BCUT2D eigenvalue weighted by atomic mass is 10.3. The average molecular weight is 262 g/mol. The first-order chi connectivity index (χ1) is 8.79. The van der Waals surface area contributed by atoms with E-state index in [1.807, 2.05) is 25.1 Å². The molecule has 1 N–H and O–H groups in total. The van der Waals surface area contributed by atoms with Crippen LogP contribution in [-0.4, -0.2) is 17.4 Å². The van der Waals surface area contributed by atoms with Gasteiger partial charge in [-0.3, -0.25) is 4.79 Å². The smallest absolute Gasteiger partial charge is 0.219 e. The number of para-hydroxylation sites is 1. The summed E-state index contributed by atoms with van der Waals surface area (Å²) < 4.78 is 1.24. The van der Waals surface area contributed by atoms with Crippen LogP contribution in [-0.2, 0) is 11.2 Å². The lowest BCUT2D eigenvalue weighted by Crippen LogP contribution is -2.24. The van der Waals surface area contributed by atoms with Crippen LogP contribution in [0.2, 0.25) is 0 Å². The number of hydrogen-bond donors (Lipinski definition) is 1. The summed E-state index contributed by atoms with van der Waals surface area (Å²) >= 11 is 1.74. The third kappa shape index (κ3) is 3.53. The fraction of sp³-hybridized carbons (Fsp3) is 0.429. The van der Waals surface area contributed by atoms with Crippen molar-refractivity contribution in [2.45, 2.75) is 32.6 Å². The first kappa shape index (κ1) is 13.0. The van der Waals surface area contributed by atoms with Gasteiger partial charge in [0.15, 0.2) is 0 Å². The predicted molar refractivity (Wildman–Crippen MR) is 75.9 cm³/mol. The number of hydrogen-bond acceptors (Lipinski definition) is 3. The number of benzene rings is 1. The highest BCUT2D eigenvalue weighted by molar-refractivity contribution is 7.18. The van der Waals surface area contributed by atoms with E-state index in [9.17, 15) is 4.79 Å². The van der Waals surface area contributed by atoms with E-state index in [0.29, 0.717) is 6.42 Å². The van der Waals surface area contributed by atoms with Gasteiger partial charge < -0.3 is 5.32 Å². The molecule has 0 unspecified atom stereocenters. The molecule has 0 radical (unpaired) electrons. The molecule has 0 aliphatic rings. The SMILES string of the molecule is CCCC(=O)NCCCc1nc2ccccc2s1. The first-order valence-electron chi connectivity index (χ1n) is 6.40. The quantitative estimate of drug-likeness (QED) is 0.813. The minimum atomic E-state index is 0.154. The molecule has 96 valence electrons. The second-order valence-electron chi connectivity index (χ2n) is 4.28. The number of carbonyl (C=O) groups excluding carboxylic acids is 1. The van der Waals surface area contributed by atoms with E-state index in [0.717, 1.165) is 36.3 Å². The third-order valence-corrected chi connectivity index (χ3v) is 3.80. The second kappa shape index (κ2) is 6.50. The van der Waals surface area contributed by atoms with Gasteiger partial charge in [0.25, 0.3) is 0 Å². The molecule has 0 saturated heterocycles. The Labute approximate surface area is 111 Å². The Bertz CT molecular complexity index is 488. The number of thiazole rings is 1. The van der Waals surface area contributed by atoms with E-state index in [-0.39, 0.29) is 5.91 Å². The van der Waals surface area contributed by atoms with Crippen LogP contribution in [0, 0.1) is 0 Å². The van der Waals surface area contributed by atoms with Gasteiger partial charge >= 0.3 is 0 Å². The average Bonchev–Trinajstić information content (AvgIpc) is 2.77. The Hall–Kier alpha value is -1.42. The molecule has 0 spiro atoms. The van der Waals surface area contributed by atoms with Gasteiger partial charge in [-0.1, -0.05) is 19.1 Å². The van der Waals surface area contributed by atoms with Crippen molar-refractivity contribution in [2.75, 3.05) is 6.54 Å². The summed E-state index contributed by atoms with van der Waals surface area (Å²) in [6.45, 7) is 2.76. The Morgan fingerprint density at radius 3 is 3.00 bits per heavy atom. The van der Waals surface area contributed by atoms with Crippen molar-refractivity contribution >= 4 is 27.5 Å². The maximum atomic E-state index is 11.3. The topological polar surface area (TPSA) is 42.0 Å². The third-order valence-electron chi connectivity index (χ3n) is 2.70. The van der Waals surface area contributed by atoms with Gasteiger partial charge in [-0.2, -0.15) is 0 Å². The molecule has 18 heavy (non-hydrogen) atoms. The summed E-state index contributed by atoms with van der Waals surface area (Å²) in [4.78, 5) is 15.8. The van der Waals surface area contributed by atoms with Gasteiger partial charge in [-0.15, -0.1) is 11.3 Å². The number of aryl methyl sites for hydroxylation is 1. The van der Waals surface area contributed by atoms with Crippen molar-refractivity contribution in [3.05, 3.63) is 29.3 Å². The normalized spacial score (nSPS) is 10.7. The van der Waals surface area contributed by atoms with Crippen LogP contribution in [0.3, 0.4) is 0 Å². The molecule has 1 aromatic heterocycles. The fourth-order valence-electron chi connectivity index (χ4n) is 1.81. The van der Waals surface area contributed by atoms with Crippen LogP contribution in [0.5, 0.6) is 0 Å². The van der Waals surface area contributed by atoms with Crippen molar-refractivity contribution in [2.24, 2.45) is 0 Å². The molecule has 0 atom stereocenters. The predicted octanol–water partition coefficient (Wildman–Crippen LogP) is 3.15. The van der Waals surface area contributed by atoms with Gasteiger partial charge in [-0.25, -0.2) is 4.98 Å². The summed E-state index contributed by atoms with van der Waals surface area (Å²) in [6.07, 6.45) is 3.42. The molecule has 0 aliphatic heterocycles. The highest BCUT2D eigenvalue weighted by Gasteiger charge is 2.03. The van der Waals surface area contributed by atoms with E-state index >= 15 is 0 Å². The van der Waals surface area contributed by atoms with Crippen LogP contribution >= 0.6 is 11.3 Å². The van der Waals surface area contributed by atoms with E-state index < -0.39 is 0 Å². The minimum Gasteiger partial charge on any atom is -0.356 e. The fourth-order valence-corrected chi connectivity index (χ4v) is 2.82. The standard InChI is InChI=1S/C14H18N2OS/c1-2-6-13(17)15-10-5-9-14-16-11-7-3-4-8-12(11)18-14/h3-4,7-8H,2,5-6,9-10H2,1H3,(H,15,17). The minimum absolute atomic E-state index is 0.154. The molecule has 0 bridgehead atoms. The number of nitrogens with one attached hydrogen (secondary N) is 1. The molecule has 1 amide bonds. The molecule has 1 aromatic carbocycles. The summed E-state index contributed by atoms with van der Waals surface area (Å²) in [5.41, 5.74) is 1.08. The highest BCUT2D eigenvalue weighted by atomic mass is 32.1. The molecule has 2 rings (SSSR count). The van der Waals surface area contributed by atoms with E-state index in [1.54, 1.807) is 11.3 Å². The maximum absolute atomic E-state index is 11.3. The molecule has 0 saturated carbocycles. The van der Waals surface area contributed by atoms with Gasteiger partial charge in [0, 0.05) is 19.4 Å². The number of fused-ring (bicyclic) bond motifs is 1. The van der Waals surface area contributed by atoms with Crippen LogP contribution < -0.4 is 5.32 Å². The number of carbonyl (C=O) groups is 1. The maximum Gasteiger partial charge on any atom is 0.219 e. The van der Waals surface area contributed by atoms with E-state index in [1.165, 1.54) is 4.70 Å². The van der Waals surface area contributed by atoms with Gasteiger partial charge in [0.2, 0.25) is 5.91 Å². The van der Waals surface area contributed by atoms with E-state index in [4.69, 9.17) is 0 Å². The zero-order chi connectivity index (χ0) is 12.8. The zero-order valence-electron chi connectivity index (χ0n) is 10.6. The summed E-state index contributed by atoms with van der Waals surface area (Å²) in [6, 6.07) is 8.18. The van der Waals surface area contributed by atoms with Crippen molar-refractivity contribution in [1.29, 1.82) is 0 Å². The first-order valence-corrected chi connectivity index (χ1v) is 7.22. The molecule has 0 fully saturated rings. The Kier molecular flexibility index (Phi) is 4.70. The molecular weight excluding hydrogens is 244 g/mol. The number of amides is 1. The lowest BCUT2D eigenvalue weighted by molar-refractivity contribution is -0.121. The Balaban J connectivity index is 1.78. The van der Waals surface area contributed by atoms with Crippen molar-refractivity contribution in [3.8, 4) is 0 Å². The molecule has 0 aliphatic carbocycles. The Morgan fingerprint density at radius 1 is 1.39 bits per heavy atom. The lowest BCUT2D eigenvalue weighted by Gasteiger charge is -2.02. The summed E-state index contributed by atoms with van der Waals surface area (Å²) in [7, 11) is 0. The van der Waals surface area contributed by atoms with Crippen LogP contribution in [0.25, 0.3) is 10.2 Å². The number of nitrogens with zero attached hydrogens (tertiary/aromatic N) is 1. The van der Waals surface area contributed by atoms with E-state index in [2.05, 4.69) is 16.4 Å². The van der Waals surface area contributed by atoms with Crippen LogP contribution in [0.15, 0.2) is 24.3 Å². The monoisotopic (exact) mass is 262 g/mol. The molecule has 1 heterocycles. The molecule has 3 nitrogen and oxygen atoms in total. The highest BCUT2D eigenvalue weighted by Crippen LogP contribution is 2.22. The molecule has 4 heteroatoms. The molecular formula is C14H18N2OS. The van der Waals surface area contributed by atoms with Crippen LogP contribution in [0.4, 0.5) is 0 Å². The van der Waals surface area contributed by atoms with Gasteiger partial charge in [-0.05, 0) is 25.0 Å². The van der Waals surface area contributed by atoms with Gasteiger partial charge in [0.05, 0.1) is 15.2 Å². The summed E-state index contributed by atoms with van der Waals surface area (Å²) in [5.74, 6) is 0.154. The van der Waals surface area contributed by atoms with Crippen molar-refractivity contribution in [1.82, 2.24) is 10.3 Å². The largest absolute Gasteiger partial charge is 0.356 e. The second-order valence-corrected chi connectivity index (χ2v) is 5.39. The van der Waals surface area contributed by atoms with Crippen molar-refractivity contribution in [3.63, 3.8) is 0 Å². The number of rotatable bonds is 6. The number of aromatic nitrogens is 1. The van der Waals surface area contributed by atoms with Crippen molar-refractivity contribution < 1.29 is 4.79 Å². The zero-order valence-corrected chi connectivity index (χ0v) is 11.4. The van der Waals surface area contributed by atoms with Gasteiger partial charge in [0.1, 0.15) is 0 Å². The summed E-state index contributed by atoms with van der Waals surface area (Å²) in [5, 5.41) is 4.08.